The van der Waals surface area contributed by atoms with Crippen LogP contribution in [0.2, 0.25) is 0 Å². The van der Waals surface area contributed by atoms with E-state index in [1.165, 1.54) is 11.1 Å². The molecule has 2 atom stereocenters. The molecule has 0 saturated carbocycles. The van der Waals surface area contributed by atoms with Crippen LogP contribution in [0.15, 0.2) is 59.1 Å². The quantitative estimate of drug-likeness (QED) is 0.840. The van der Waals surface area contributed by atoms with E-state index in [4.69, 9.17) is 0 Å². The third-order valence-electron chi connectivity index (χ3n) is 3.27. The van der Waals surface area contributed by atoms with Crippen molar-refractivity contribution in [2.75, 3.05) is 0 Å². The molecule has 2 unspecified atom stereocenters. The molecule has 0 aliphatic rings. The van der Waals surface area contributed by atoms with E-state index in [-0.39, 0.29) is 0 Å². The van der Waals surface area contributed by atoms with Crippen molar-refractivity contribution in [3.8, 4) is 0 Å². The van der Waals surface area contributed by atoms with Gasteiger partial charge in [-0.25, -0.2) is 0 Å². The van der Waals surface area contributed by atoms with E-state index in [0.29, 0.717) is 12.1 Å². The maximum Gasteiger partial charge on any atom is 0.0294 e. The molecule has 1 N–H and O–H groups in total. The van der Waals surface area contributed by atoms with Gasteiger partial charge in [-0.05, 0) is 43.5 Å². The van der Waals surface area contributed by atoms with E-state index in [1.54, 1.807) is 0 Å². The lowest BCUT2D eigenvalue weighted by Gasteiger charge is -2.20. The molecule has 100 valence electrons. The summed E-state index contributed by atoms with van der Waals surface area (Å²) in [6.07, 6.45) is 1.05. The number of hydrogen-bond donors (Lipinski definition) is 1. The van der Waals surface area contributed by atoms with E-state index in [2.05, 4.69) is 89.7 Å². The second-order valence-electron chi connectivity index (χ2n) is 5.03. The number of hydrogen-bond acceptors (Lipinski definition) is 1. The number of nitrogens with one attached hydrogen (secondary N) is 1. The van der Waals surface area contributed by atoms with Gasteiger partial charge in [0, 0.05) is 16.6 Å². The van der Waals surface area contributed by atoms with Gasteiger partial charge in [0.05, 0.1) is 0 Å². The largest absolute Gasteiger partial charge is 0.307 e. The van der Waals surface area contributed by atoms with Crippen molar-refractivity contribution in [2.45, 2.75) is 32.4 Å². The highest BCUT2D eigenvalue weighted by molar-refractivity contribution is 9.10. The minimum Gasteiger partial charge on any atom is -0.307 e. The van der Waals surface area contributed by atoms with Crippen LogP contribution in [0, 0.1) is 0 Å². The lowest BCUT2D eigenvalue weighted by molar-refractivity contribution is 0.477. The molecule has 2 heteroatoms. The van der Waals surface area contributed by atoms with Gasteiger partial charge in [-0.3, -0.25) is 0 Å². The van der Waals surface area contributed by atoms with Gasteiger partial charge in [-0.15, -0.1) is 0 Å². The Bertz CT molecular complexity index is 510. The van der Waals surface area contributed by atoms with E-state index in [9.17, 15) is 0 Å². The fourth-order valence-corrected chi connectivity index (χ4v) is 2.74. The summed E-state index contributed by atoms with van der Waals surface area (Å²) in [6, 6.07) is 19.9. The molecule has 0 aliphatic carbocycles. The van der Waals surface area contributed by atoms with Gasteiger partial charge in [0.2, 0.25) is 0 Å². The van der Waals surface area contributed by atoms with Crippen LogP contribution in [-0.4, -0.2) is 6.04 Å². The molecule has 1 nitrogen and oxygen atoms in total. The van der Waals surface area contributed by atoms with Gasteiger partial charge in [-0.1, -0.05) is 58.4 Å². The monoisotopic (exact) mass is 317 g/mol. The summed E-state index contributed by atoms with van der Waals surface area (Å²) in [5.41, 5.74) is 2.69. The van der Waals surface area contributed by atoms with Crippen LogP contribution in [0.3, 0.4) is 0 Å². The Balaban J connectivity index is 1.93. The summed E-state index contributed by atoms with van der Waals surface area (Å²) in [6.45, 7) is 4.45. The standard InChI is InChI=1S/C17H20BrN/c1-13(11-15-7-4-3-5-8-15)19-14(2)16-9-6-10-17(18)12-16/h3-10,12-14,19H,11H2,1-2H3. The molecule has 0 heterocycles. The summed E-state index contributed by atoms with van der Waals surface area (Å²) in [5.74, 6) is 0. The molecular formula is C17H20BrN. The zero-order chi connectivity index (χ0) is 13.7. The average molecular weight is 318 g/mol. The van der Waals surface area contributed by atoms with Gasteiger partial charge in [0.25, 0.3) is 0 Å². The van der Waals surface area contributed by atoms with Crippen molar-refractivity contribution in [3.63, 3.8) is 0 Å². The van der Waals surface area contributed by atoms with Crippen LogP contribution in [0.4, 0.5) is 0 Å². The molecule has 2 rings (SSSR count). The Labute approximate surface area is 124 Å². The van der Waals surface area contributed by atoms with Crippen molar-refractivity contribution in [3.05, 3.63) is 70.2 Å². The van der Waals surface area contributed by atoms with Crippen molar-refractivity contribution in [1.82, 2.24) is 5.32 Å². The highest BCUT2D eigenvalue weighted by atomic mass is 79.9. The lowest BCUT2D eigenvalue weighted by atomic mass is 10.0. The molecule has 0 bridgehead atoms. The Morgan fingerprint density at radius 3 is 2.42 bits per heavy atom. The molecule has 2 aromatic carbocycles. The fraction of sp³-hybridized carbons (Fsp3) is 0.294. The van der Waals surface area contributed by atoms with E-state index in [1.807, 2.05) is 0 Å². The molecule has 19 heavy (non-hydrogen) atoms. The molecular weight excluding hydrogens is 298 g/mol. The van der Waals surface area contributed by atoms with Crippen molar-refractivity contribution in [2.24, 2.45) is 0 Å². The summed E-state index contributed by atoms with van der Waals surface area (Å²) in [4.78, 5) is 0. The average Bonchev–Trinajstić information content (AvgIpc) is 2.39. The van der Waals surface area contributed by atoms with Crippen LogP contribution in [0.25, 0.3) is 0 Å². The van der Waals surface area contributed by atoms with Gasteiger partial charge >= 0.3 is 0 Å². The molecule has 0 radical (unpaired) electrons. The van der Waals surface area contributed by atoms with Crippen LogP contribution in [0.5, 0.6) is 0 Å². The first-order valence-corrected chi connectivity index (χ1v) is 7.50. The molecule has 0 spiro atoms. The normalized spacial score (nSPS) is 14.1. The smallest absolute Gasteiger partial charge is 0.0294 e. The maximum absolute atomic E-state index is 3.65. The highest BCUT2D eigenvalue weighted by Crippen LogP contribution is 2.18. The first kappa shape index (κ1) is 14.3. The second-order valence-corrected chi connectivity index (χ2v) is 5.95. The zero-order valence-corrected chi connectivity index (χ0v) is 13.0. The molecule has 0 amide bonds. The summed E-state index contributed by atoms with van der Waals surface area (Å²) in [7, 11) is 0. The van der Waals surface area contributed by atoms with Gasteiger partial charge in [0.15, 0.2) is 0 Å². The number of halogens is 1. The van der Waals surface area contributed by atoms with Crippen molar-refractivity contribution in [1.29, 1.82) is 0 Å². The maximum atomic E-state index is 3.65. The topological polar surface area (TPSA) is 12.0 Å². The summed E-state index contributed by atoms with van der Waals surface area (Å²) in [5, 5.41) is 3.65. The lowest BCUT2D eigenvalue weighted by Crippen LogP contribution is -2.30. The zero-order valence-electron chi connectivity index (χ0n) is 11.4. The SMILES string of the molecule is CC(Cc1ccccc1)NC(C)c1cccc(Br)c1. The minimum atomic E-state index is 0.358. The molecule has 0 aliphatic heterocycles. The van der Waals surface area contributed by atoms with Crippen LogP contribution in [-0.2, 0) is 6.42 Å². The molecule has 0 fully saturated rings. The minimum absolute atomic E-state index is 0.358. The van der Waals surface area contributed by atoms with E-state index < -0.39 is 0 Å². The van der Waals surface area contributed by atoms with Crippen molar-refractivity contribution >= 4 is 15.9 Å². The Hall–Kier alpha value is -1.12. The first-order valence-electron chi connectivity index (χ1n) is 6.70. The van der Waals surface area contributed by atoms with Crippen LogP contribution in [0.1, 0.15) is 31.0 Å². The second kappa shape index (κ2) is 6.88. The number of benzene rings is 2. The Morgan fingerprint density at radius 1 is 1.00 bits per heavy atom. The predicted molar refractivity (Wildman–Crippen MR) is 85.3 cm³/mol. The first-order chi connectivity index (χ1) is 9.15. The molecule has 0 aromatic heterocycles. The summed E-state index contributed by atoms with van der Waals surface area (Å²) < 4.78 is 1.13. The van der Waals surface area contributed by atoms with Crippen molar-refractivity contribution < 1.29 is 0 Å². The highest BCUT2D eigenvalue weighted by Gasteiger charge is 2.10. The fourth-order valence-electron chi connectivity index (χ4n) is 2.33. The predicted octanol–water partition coefficient (Wildman–Crippen LogP) is 4.73. The van der Waals surface area contributed by atoms with Crippen LogP contribution >= 0.6 is 15.9 Å². The Morgan fingerprint density at radius 2 is 1.74 bits per heavy atom. The van der Waals surface area contributed by atoms with E-state index >= 15 is 0 Å². The van der Waals surface area contributed by atoms with Gasteiger partial charge < -0.3 is 5.32 Å². The molecule has 2 aromatic rings. The van der Waals surface area contributed by atoms with Gasteiger partial charge in [-0.2, -0.15) is 0 Å². The third kappa shape index (κ3) is 4.48. The Kier molecular flexibility index (Phi) is 5.17. The number of rotatable bonds is 5. The van der Waals surface area contributed by atoms with Crippen LogP contribution < -0.4 is 5.32 Å². The molecule has 0 saturated heterocycles. The van der Waals surface area contributed by atoms with Gasteiger partial charge in [0.1, 0.15) is 0 Å². The van der Waals surface area contributed by atoms with E-state index in [0.717, 1.165) is 10.9 Å². The summed E-state index contributed by atoms with van der Waals surface area (Å²) >= 11 is 3.52. The third-order valence-corrected chi connectivity index (χ3v) is 3.76.